The highest BCUT2D eigenvalue weighted by molar-refractivity contribution is 9.09. The molecule has 18 heavy (non-hydrogen) atoms. The van der Waals surface area contributed by atoms with E-state index in [1.807, 2.05) is 32.0 Å². The van der Waals surface area contributed by atoms with Crippen molar-refractivity contribution in [3.63, 3.8) is 0 Å². The monoisotopic (exact) mass is 314 g/mol. The molecule has 0 bridgehead atoms. The van der Waals surface area contributed by atoms with Crippen molar-refractivity contribution in [2.75, 3.05) is 5.33 Å². The van der Waals surface area contributed by atoms with Crippen molar-refractivity contribution in [2.45, 2.75) is 32.3 Å². The van der Waals surface area contributed by atoms with Gasteiger partial charge < -0.3 is 14.6 Å². The molecule has 1 aliphatic rings. The van der Waals surface area contributed by atoms with Crippen molar-refractivity contribution in [2.24, 2.45) is 0 Å². The van der Waals surface area contributed by atoms with E-state index in [1.54, 1.807) is 0 Å². The van der Waals surface area contributed by atoms with Crippen LogP contribution >= 0.6 is 15.9 Å². The lowest BCUT2D eigenvalue weighted by atomic mass is 10.1. The number of rotatable bonds is 2. The molecule has 0 aliphatic carbocycles. The summed E-state index contributed by atoms with van der Waals surface area (Å²) in [6, 6.07) is 5.70. The average Bonchev–Trinajstić information content (AvgIpc) is 2.38. The summed E-state index contributed by atoms with van der Waals surface area (Å²) in [6.07, 6.45) is -0.486. The van der Waals surface area contributed by atoms with Gasteiger partial charge in [-0.3, -0.25) is 0 Å². The first-order chi connectivity index (χ1) is 8.52. The van der Waals surface area contributed by atoms with Gasteiger partial charge in [0.25, 0.3) is 0 Å². The molecule has 1 heterocycles. The highest BCUT2D eigenvalue weighted by atomic mass is 79.9. The van der Waals surface area contributed by atoms with Gasteiger partial charge in [-0.2, -0.15) is 0 Å². The largest absolute Gasteiger partial charge is 0.463 e. The van der Waals surface area contributed by atoms with E-state index in [0.29, 0.717) is 11.9 Å². The van der Waals surface area contributed by atoms with E-state index >= 15 is 0 Å². The highest BCUT2D eigenvalue weighted by Crippen LogP contribution is 2.33. The van der Waals surface area contributed by atoms with E-state index in [2.05, 4.69) is 29.1 Å². The molecule has 0 radical (unpaired) electrons. The second-order valence-corrected chi connectivity index (χ2v) is 4.98. The molecule has 100 valence electrons. The van der Waals surface area contributed by atoms with Crippen molar-refractivity contribution in [1.29, 1.82) is 0 Å². The van der Waals surface area contributed by atoms with Crippen LogP contribution in [0.2, 0.25) is 0 Å². The Balaban J connectivity index is 0.000000771. The van der Waals surface area contributed by atoms with Crippen LogP contribution in [0.1, 0.15) is 31.1 Å². The Morgan fingerprint density at radius 2 is 2.11 bits per heavy atom. The zero-order chi connectivity index (χ0) is 13.8. The Labute approximate surface area is 117 Å². The summed E-state index contributed by atoms with van der Waals surface area (Å²) in [4.78, 5) is 0. The molecule has 1 aliphatic heterocycles. The second kappa shape index (κ2) is 6.36. The standard InChI is InChI=1S/C12H15BrO3.C2H4/c1-12(2)15-7-9-5-8(10(14)6-13)3-4-11(9)16-12;1-2/h3-5,10,14H,6-7H2,1-2H3;1-2H2. The number of halogens is 1. The lowest BCUT2D eigenvalue weighted by Crippen LogP contribution is -2.35. The molecule has 2 rings (SSSR count). The average molecular weight is 315 g/mol. The maximum absolute atomic E-state index is 9.71. The number of alkyl halides is 1. The number of aliphatic hydroxyl groups is 1. The molecular formula is C14H19BrO3. The van der Waals surface area contributed by atoms with Gasteiger partial charge in [-0.1, -0.05) is 22.0 Å². The first-order valence-electron chi connectivity index (χ1n) is 5.72. The Morgan fingerprint density at radius 1 is 1.44 bits per heavy atom. The van der Waals surface area contributed by atoms with Gasteiger partial charge in [0.1, 0.15) is 5.75 Å². The molecule has 1 atom stereocenters. The summed E-state index contributed by atoms with van der Waals surface area (Å²) < 4.78 is 11.2. The molecule has 0 fully saturated rings. The zero-order valence-corrected chi connectivity index (χ0v) is 12.4. The van der Waals surface area contributed by atoms with Gasteiger partial charge in [0.05, 0.1) is 12.7 Å². The number of aliphatic hydroxyl groups excluding tert-OH is 1. The van der Waals surface area contributed by atoms with Crippen LogP contribution in [0.4, 0.5) is 0 Å². The predicted octanol–water partition coefficient (Wildman–Crippen LogP) is 3.56. The molecule has 3 nitrogen and oxygen atoms in total. The minimum atomic E-state index is -0.567. The van der Waals surface area contributed by atoms with E-state index in [9.17, 15) is 5.11 Å². The molecule has 1 aromatic rings. The quantitative estimate of drug-likeness (QED) is 0.670. The van der Waals surface area contributed by atoms with Gasteiger partial charge in [-0.15, -0.1) is 13.2 Å². The van der Waals surface area contributed by atoms with Crippen molar-refractivity contribution < 1.29 is 14.6 Å². The topological polar surface area (TPSA) is 38.7 Å². The van der Waals surface area contributed by atoms with Crippen LogP contribution in [-0.2, 0) is 11.3 Å². The van der Waals surface area contributed by atoms with Crippen LogP contribution in [-0.4, -0.2) is 16.2 Å². The molecule has 4 heteroatoms. The van der Waals surface area contributed by atoms with Gasteiger partial charge >= 0.3 is 0 Å². The summed E-state index contributed by atoms with van der Waals surface area (Å²) in [5.41, 5.74) is 1.86. The van der Waals surface area contributed by atoms with Gasteiger partial charge in [-0.25, -0.2) is 0 Å². The van der Waals surface area contributed by atoms with Crippen molar-refractivity contribution in [1.82, 2.24) is 0 Å². The third-order valence-electron chi connectivity index (χ3n) is 2.55. The summed E-state index contributed by atoms with van der Waals surface area (Å²) in [6.45, 7) is 10.3. The first-order valence-corrected chi connectivity index (χ1v) is 6.84. The maximum atomic E-state index is 9.71. The highest BCUT2D eigenvalue weighted by Gasteiger charge is 2.27. The fourth-order valence-electron chi connectivity index (χ4n) is 1.65. The molecule has 0 aromatic heterocycles. The molecule has 1 unspecified atom stereocenters. The first kappa shape index (κ1) is 15.2. The molecule has 1 N–H and O–H groups in total. The Kier molecular flexibility index (Phi) is 5.38. The Hall–Kier alpha value is -0.840. The van der Waals surface area contributed by atoms with E-state index in [4.69, 9.17) is 9.47 Å². The SMILES string of the molecule is C=C.CC1(C)OCc2cc(C(O)CBr)ccc2O1. The summed E-state index contributed by atoms with van der Waals surface area (Å²) in [7, 11) is 0. The van der Waals surface area contributed by atoms with Gasteiger partial charge in [-0.05, 0) is 17.7 Å². The van der Waals surface area contributed by atoms with Crippen LogP contribution in [0.25, 0.3) is 0 Å². The predicted molar refractivity (Wildman–Crippen MR) is 75.9 cm³/mol. The third kappa shape index (κ3) is 3.57. The van der Waals surface area contributed by atoms with Crippen LogP contribution in [0, 0.1) is 0 Å². The molecular weight excluding hydrogens is 296 g/mol. The van der Waals surface area contributed by atoms with Crippen LogP contribution < -0.4 is 4.74 Å². The third-order valence-corrected chi connectivity index (χ3v) is 3.16. The van der Waals surface area contributed by atoms with Crippen molar-refractivity contribution in [3.05, 3.63) is 42.5 Å². The molecule has 0 saturated heterocycles. The number of hydrogen-bond donors (Lipinski definition) is 1. The molecule has 1 aromatic carbocycles. The second-order valence-electron chi connectivity index (χ2n) is 4.33. The summed E-state index contributed by atoms with van der Waals surface area (Å²) in [5, 5.41) is 10.2. The van der Waals surface area contributed by atoms with Gasteiger partial charge in [0, 0.05) is 24.7 Å². The van der Waals surface area contributed by atoms with Gasteiger partial charge in [0.2, 0.25) is 5.79 Å². The fourth-order valence-corrected chi connectivity index (χ4v) is 2.03. The van der Waals surface area contributed by atoms with Crippen molar-refractivity contribution >= 4 is 15.9 Å². The minimum absolute atomic E-state index is 0.486. The fraction of sp³-hybridized carbons (Fsp3) is 0.429. The molecule has 0 amide bonds. The van der Waals surface area contributed by atoms with Crippen LogP contribution in [0.15, 0.2) is 31.4 Å². The Morgan fingerprint density at radius 3 is 2.72 bits per heavy atom. The maximum Gasteiger partial charge on any atom is 0.205 e. The van der Waals surface area contributed by atoms with E-state index in [0.717, 1.165) is 16.9 Å². The lowest BCUT2D eigenvalue weighted by Gasteiger charge is -2.32. The van der Waals surface area contributed by atoms with Crippen LogP contribution in [0.5, 0.6) is 5.75 Å². The number of hydrogen-bond acceptors (Lipinski definition) is 3. The molecule has 0 spiro atoms. The van der Waals surface area contributed by atoms with E-state index in [-0.39, 0.29) is 0 Å². The number of benzene rings is 1. The lowest BCUT2D eigenvalue weighted by molar-refractivity contribution is -0.180. The van der Waals surface area contributed by atoms with E-state index < -0.39 is 11.9 Å². The summed E-state index contributed by atoms with van der Waals surface area (Å²) in [5.74, 6) is 0.268. The Bertz CT molecular complexity index is 404. The minimum Gasteiger partial charge on any atom is -0.463 e. The zero-order valence-electron chi connectivity index (χ0n) is 10.8. The van der Waals surface area contributed by atoms with Crippen molar-refractivity contribution in [3.8, 4) is 5.75 Å². The van der Waals surface area contributed by atoms with Gasteiger partial charge in [0.15, 0.2) is 0 Å². The van der Waals surface area contributed by atoms with Crippen LogP contribution in [0.3, 0.4) is 0 Å². The number of fused-ring (bicyclic) bond motifs is 1. The van der Waals surface area contributed by atoms with E-state index in [1.165, 1.54) is 0 Å². The molecule has 0 saturated carbocycles. The number of ether oxygens (including phenoxy) is 2. The smallest absolute Gasteiger partial charge is 0.205 e. The summed E-state index contributed by atoms with van der Waals surface area (Å²) >= 11 is 3.25. The normalized spacial score (nSPS) is 17.8.